The Morgan fingerprint density at radius 1 is 1.05 bits per heavy atom. The number of halogens is 1. The minimum atomic E-state index is -0.187. The molecule has 0 saturated carbocycles. The highest BCUT2D eigenvalue weighted by Gasteiger charge is 2.13. The third-order valence-electron chi connectivity index (χ3n) is 3.16. The van der Waals surface area contributed by atoms with Crippen molar-refractivity contribution < 1.29 is 4.39 Å². The second kappa shape index (κ2) is 6.48. The highest BCUT2D eigenvalue weighted by atomic mass is 19.1. The first-order valence-electron chi connectivity index (χ1n) is 6.76. The lowest BCUT2D eigenvalue weighted by atomic mass is 9.97. The molecule has 0 aliphatic carbocycles. The van der Waals surface area contributed by atoms with Crippen LogP contribution in [-0.2, 0) is 0 Å². The maximum Gasteiger partial charge on any atom is 0.123 e. The van der Waals surface area contributed by atoms with E-state index in [1.165, 1.54) is 17.2 Å². The molecule has 0 aliphatic heterocycles. The zero-order valence-corrected chi connectivity index (χ0v) is 11.5. The van der Waals surface area contributed by atoms with Crippen LogP contribution in [0.5, 0.6) is 0 Å². The van der Waals surface area contributed by atoms with Crippen molar-refractivity contribution in [2.45, 2.75) is 26.3 Å². The molecule has 1 nitrogen and oxygen atoms in total. The lowest BCUT2D eigenvalue weighted by Gasteiger charge is -2.20. The van der Waals surface area contributed by atoms with Crippen LogP contribution in [0.1, 0.15) is 36.1 Å². The molecule has 1 unspecified atom stereocenters. The zero-order chi connectivity index (χ0) is 13.7. The van der Waals surface area contributed by atoms with Crippen molar-refractivity contribution in [1.82, 2.24) is 5.32 Å². The van der Waals surface area contributed by atoms with Crippen LogP contribution in [0.2, 0.25) is 0 Å². The summed E-state index contributed by atoms with van der Waals surface area (Å²) in [6.07, 6.45) is 1.05. The fraction of sp³-hybridized carbons (Fsp3) is 0.294. The van der Waals surface area contributed by atoms with Gasteiger partial charge in [0.2, 0.25) is 0 Å². The summed E-state index contributed by atoms with van der Waals surface area (Å²) in [5.74, 6) is -0.187. The Bertz CT molecular complexity index is 491. The number of aryl methyl sites for hydroxylation is 1. The van der Waals surface area contributed by atoms with Crippen LogP contribution in [0.4, 0.5) is 4.39 Å². The number of nitrogens with one attached hydrogen (secondary N) is 1. The first-order chi connectivity index (χ1) is 9.20. The molecule has 100 valence electrons. The Morgan fingerprint density at radius 3 is 2.37 bits per heavy atom. The van der Waals surface area contributed by atoms with Crippen molar-refractivity contribution >= 4 is 0 Å². The fourth-order valence-corrected chi connectivity index (χ4v) is 2.25. The monoisotopic (exact) mass is 257 g/mol. The van der Waals surface area contributed by atoms with E-state index in [9.17, 15) is 4.39 Å². The molecule has 19 heavy (non-hydrogen) atoms. The molecule has 0 fully saturated rings. The van der Waals surface area contributed by atoms with Gasteiger partial charge < -0.3 is 5.32 Å². The molecule has 0 heterocycles. The standard InChI is InChI=1S/C17H20FN/c1-3-10-19-17(14-7-4-6-13(2)11-14)15-8-5-9-16(18)12-15/h4-9,11-12,17,19H,3,10H2,1-2H3. The summed E-state index contributed by atoms with van der Waals surface area (Å²) >= 11 is 0. The van der Waals surface area contributed by atoms with Crippen molar-refractivity contribution in [3.05, 3.63) is 71.0 Å². The molecule has 2 rings (SSSR count). The minimum Gasteiger partial charge on any atom is -0.306 e. The van der Waals surface area contributed by atoms with Crippen LogP contribution < -0.4 is 5.32 Å². The second-order valence-electron chi connectivity index (χ2n) is 4.86. The third-order valence-corrected chi connectivity index (χ3v) is 3.16. The van der Waals surface area contributed by atoms with Gasteiger partial charge in [-0.25, -0.2) is 4.39 Å². The molecule has 0 bridgehead atoms. The van der Waals surface area contributed by atoms with Gasteiger partial charge in [-0.1, -0.05) is 48.9 Å². The lowest BCUT2D eigenvalue weighted by Crippen LogP contribution is -2.23. The van der Waals surface area contributed by atoms with Gasteiger partial charge >= 0.3 is 0 Å². The van der Waals surface area contributed by atoms with E-state index >= 15 is 0 Å². The van der Waals surface area contributed by atoms with Gasteiger partial charge in [0.25, 0.3) is 0 Å². The van der Waals surface area contributed by atoms with Gasteiger partial charge in [-0.2, -0.15) is 0 Å². The van der Waals surface area contributed by atoms with Crippen LogP contribution in [0.25, 0.3) is 0 Å². The minimum absolute atomic E-state index is 0.0514. The predicted octanol–water partition coefficient (Wildman–Crippen LogP) is 4.22. The van der Waals surface area contributed by atoms with E-state index in [1.54, 1.807) is 12.1 Å². The largest absolute Gasteiger partial charge is 0.306 e. The highest BCUT2D eigenvalue weighted by Crippen LogP contribution is 2.23. The smallest absolute Gasteiger partial charge is 0.123 e. The van der Waals surface area contributed by atoms with E-state index in [0.29, 0.717) is 0 Å². The van der Waals surface area contributed by atoms with E-state index in [0.717, 1.165) is 18.5 Å². The molecular formula is C17H20FN. The van der Waals surface area contributed by atoms with Crippen LogP contribution in [0, 0.1) is 12.7 Å². The molecule has 0 amide bonds. The van der Waals surface area contributed by atoms with Gasteiger partial charge in [-0.15, -0.1) is 0 Å². The molecule has 0 aromatic heterocycles. The van der Waals surface area contributed by atoms with E-state index in [4.69, 9.17) is 0 Å². The molecule has 0 aliphatic rings. The van der Waals surface area contributed by atoms with Gasteiger partial charge in [-0.3, -0.25) is 0 Å². The summed E-state index contributed by atoms with van der Waals surface area (Å²) in [5.41, 5.74) is 3.37. The molecule has 2 heteroatoms. The van der Waals surface area contributed by atoms with Crippen molar-refractivity contribution in [3.63, 3.8) is 0 Å². The molecule has 0 saturated heterocycles. The number of benzene rings is 2. The Morgan fingerprint density at radius 2 is 1.74 bits per heavy atom. The molecule has 2 aromatic rings. The van der Waals surface area contributed by atoms with Crippen LogP contribution >= 0.6 is 0 Å². The first-order valence-corrected chi connectivity index (χ1v) is 6.76. The summed E-state index contributed by atoms with van der Waals surface area (Å²) < 4.78 is 13.4. The Balaban J connectivity index is 2.35. The Hall–Kier alpha value is -1.67. The summed E-state index contributed by atoms with van der Waals surface area (Å²) in [5, 5.41) is 3.49. The lowest BCUT2D eigenvalue weighted by molar-refractivity contribution is 0.585. The van der Waals surface area contributed by atoms with Gasteiger partial charge in [0.05, 0.1) is 6.04 Å². The van der Waals surface area contributed by atoms with Crippen molar-refractivity contribution in [2.24, 2.45) is 0 Å². The van der Waals surface area contributed by atoms with Crippen molar-refractivity contribution in [3.8, 4) is 0 Å². The molecule has 0 radical (unpaired) electrons. The SMILES string of the molecule is CCCNC(c1cccc(C)c1)c1cccc(F)c1. The summed E-state index contributed by atoms with van der Waals surface area (Å²) in [6.45, 7) is 5.12. The maximum atomic E-state index is 13.4. The van der Waals surface area contributed by atoms with Gasteiger partial charge in [0.1, 0.15) is 5.82 Å². The summed E-state index contributed by atoms with van der Waals surface area (Å²) in [7, 11) is 0. The van der Waals surface area contributed by atoms with Crippen LogP contribution in [0.3, 0.4) is 0 Å². The van der Waals surface area contributed by atoms with Crippen LogP contribution in [-0.4, -0.2) is 6.54 Å². The number of hydrogen-bond acceptors (Lipinski definition) is 1. The quantitative estimate of drug-likeness (QED) is 0.845. The van der Waals surface area contributed by atoms with Gasteiger partial charge in [0.15, 0.2) is 0 Å². The van der Waals surface area contributed by atoms with E-state index in [-0.39, 0.29) is 11.9 Å². The number of hydrogen-bond donors (Lipinski definition) is 1. The molecule has 2 aromatic carbocycles. The maximum absolute atomic E-state index is 13.4. The third kappa shape index (κ3) is 3.65. The highest BCUT2D eigenvalue weighted by molar-refractivity contribution is 5.34. The predicted molar refractivity (Wildman–Crippen MR) is 77.7 cm³/mol. The molecule has 1 N–H and O–H groups in total. The van der Waals surface area contributed by atoms with Crippen molar-refractivity contribution in [2.75, 3.05) is 6.54 Å². The normalized spacial score (nSPS) is 12.4. The van der Waals surface area contributed by atoms with Gasteiger partial charge in [0, 0.05) is 0 Å². The average molecular weight is 257 g/mol. The topological polar surface area (TPSA) is 12.0 Å². The molecule has 1 atom stereocenters. The summed E-state index contributed by atoms with van der Waals surface area (Å²) in [6, 6.07) is 15.2. The van der Waals surface area contributed by atoms with E-state index in [1.807, 2.05) is 12.1 Å². The van der Waals surface area contributed by atoms with E-state index < -0.39 is 0 Å². The summed E-state index contributed by atoms with van der Waals surface area (Å²) in [4.78, 5) is 0. The Kier molecular flexibility index (Phi) is 4.69. The van der Waals surface area contributed by atoms with E-state index in [2.05, 4.69) is 37.4 Å². The number of rotatable bonds is 5. The first kappa shape index (κ1) is 13.8. The van der Waals surface area contributed by atoms with Crippen molar-refractivity contribution in [1.29, 1.82) is 0 Å². The van der Waals surface area contributed by atoms with Crippen LogP contribution in [0.15, 0.2) is 48.5 Å². The molecule has 0 spiro atoms. The Labute approximate surface area is 114 Å². The second-order valence-corrected chi connectivity index (χ2v) is 4.86. The average Bonchev–Trinajstić information content (AvgIpc) is 2.39. The molecular weight excluding hydrogens is 237 g/mol. The zero-order valence-electron chi connectivity index (χ0n) is 11.5. The van der Waals surface area contributed by atoms with Gasteiger partial charge in [-0.05, 0) is 43.1 Å². The fourth-order valence-electron chi connectivity index (χ4n) is 2.25.